The van der Waals surface area contributed by atoms with E-state index in [2.05, 4.69) is 4.98 Å². The number of benzene rings is 1. The van der Waals surface area contributed by atoms with Crippen molar-refractivity contribution in [2.24, 2.45) is 5.73 Å². The molecule has 1 aromatic carbocycles. The van der Waals surface area contributed by atoms with Crippen molar-refractivity contribution >= 4 is 17.0 Å². The van der Waals surface area contributed by atoms with Crippen LogP contribution in [0.15, 0.2) is 24.3 Å². The molecule has 0 radical (unpaired) electrons. The number of hydrogen-bond acceptors (Lipinski definition) is 3. The van der Waals surface area contributed by atoms with Gasteiger partial charge in [-0.15, -0.1) is 0 Å². The van der Waals surface area contributed by atoms with Crippen molar-refractivity contribution in [3.8, 4) is 0 Å². The SMILES string of the molecule is CCc1nc2ccccc2n1CC(N)C(=O)O. The summed E-state index contributed by atoms with van der Waals surface area (Å²) >= 11 is 0. The number of nitrogens with zero attached hydrogens (tertiary/aromatic N) is 2. The maximum atomic E-state index is 10.8. The van der Waals surface area contributed by atoms with Crippen LogP contribution in [0.4, 0.5) is 0 Å². The molecule has 3 N–H and O–H groups in total. The first-order valence-corrected chi connectivity index (χ1v) is 5.56. The van der Waals surface area contributed by atoms with E-state index in [1.165, 1.54) is 0 Å². The van der Waals surface area contributed by atoms with Gasteiger partial charge in [0.15, 0.2) is 0 Å². The second-order valence-corrected chi connectivity index (χ2v) is 3.93. The fourth-order valence-corrected chi connectivity index (χ4v) is 1.87. The zero-order valence-electron chi connectivity index (χ0n) is 9.63. The first kappa shape index (κ1) is 11.6. The van der Waals surface area contributed by atoms with E-state index in [9.17, 15) is 4.79 Å². The Balaban J connectivity index is 2.46. The van der Waals surface area contributed by atoms with E-state index >= 15 is 0 Å². The monoisotopic (exact) mass is 233 g/mol. The zero-order chi connectivity index (χ0) is 12.4. The van der Waals surface area contributed by atoms with Crippen molar-refractivity contribution in [3.63, 3.8) is 0 Å². The number of carbonyl (C=O) groups is 1. The highest BCUT2D eigenvalue weighted by atomic mass is 16.4. The third-order valence-electron chi connectivity index (χ3n) is 2.75. The van der Waals surface area contributed by atoms with Crippen LogP contribution >= 0.6 is 0 Å². The van der Waals surface area contributed by atoms with Crippen LogP contribution in [0.5, 0.6) is 0 Å². The summed E-state index contributed by atoms with van der Waals surface area (Å²) in [5.41, 5.74) is 7.38. The van der Waals surface area contributed by atoms with Crippen molar-refractivity contribution in [2.45, 2.75) is 25.9 Å². The van der Waals surface area contributed by atoms with Crippen LogP contribution in [0.2, 0.25) is 0 Å². The molecule has 90 valence electrons. The van der Waals surface area contributed by atoms with Crippen LogP contribution < -0.4 is 5.73 Å². The molecule has 5 heteroatoms. The van der Waals surface area contributed by atoms with Crippen LogP contribution in [-0.2, 0) is 17.8 Å². The Kier molecular flexibility index (Phi) is 3.10. The van der Waals surface area contributed by atoms with Crippen molar-refractivity contribution in [2.75, 3.05) is 0 Å². The van der Waals surface area contributed by atoms with E-state index in [-0.39, 0.29) is 6.54 Å². The molecule has 0 bridgehead atoms. The number of aryl methyl sites for hydroxylation is 1. The summed E-state index contributed by atoms with van der Waals surface area (Å²) in [6.07, 6.45) is 0.751. The van der Waals surface area contributed by atoms with Crippen molar-refractivity contribution in [3.05, 3.63) is 30.1 Å². The molecule has 5 nitrogen and oxygen atoms in total. The normalized spacial score (nSPS) is 12.8. The van der Waals surface area contributed by atoms with E-state index in [4.69, 9.17) is 10.8 Å². The first-order valence-electron chi connectivity index (χ1n) is 5.56. The topological polar surface area (TPSA) is 81.1 Å². The lowest BCUT2D eigenvalue weighted by atomic mass is 10.3. The molecule has 1 atom stereocenters. The number of aliphatic carboxylic acids is 1. The summed E-state index contributed by atoms with van der Waals surface area (Å²) in [5.74, 6) is -0.132. The Morgan fingerprint density at radius 3 is 2.88 bits per heavy atom. The average Bonchev–Trinajstić information content (AvgIpc) is 2.67. The predicted octanol–water partition coefficient (Wildman–Crippen LogP) is 1.01. The molecule has 1 heterocycles. The van der Waals surface area contributed by atoms with Gasteiger partial charge in [0.05, 0.1) is 17.6 Å². The number of para-hydroxylation sites is 2. The molecule has 0 amide bonds. The van der Waals surface area contributed by atoms with E-state index < -0.39 is 12.0 Å². The van der Waals surface area contributed by atoms with Crippen LogP contribution in [0.25, 0.3) is 11.0 Å². The molecule has 0 aliphatic heterocycles. The highest BCUT2D eigenvalue weighted by Crippen LogP contribution is 2.16. The number of fused-ring (bicyclic) bond motifs is 1. The van der Waals surface area contributed by atoms with E-state index in [1.54, 1.807) is 0 Å². The van der Waals surface area contributed by atoms with Gasteiger partial charge in [0.2, 0.25) is 0 Å². The number of imidazole rings is 1. The van der Waals surface area contributed by atoms with Crippen LogP contribution in [0.3, 0.4) is 0 Å². The van der Waals surface area contributed by atoms with Gasteiger partial charge >= 0.3 is 5.97 Å². The molecule has 0 fully saturated rings. The van der Waals surface area contributed by atoms with Crippen LogP contribution in [0, 0.1) is 0 Å². The molecule has 0 saturated carbocycles. The number of carboxylic acid groups (broad SMARTS) is 1. The summed E-state index contributed by atoms with van der Waals surface area (Å²) in [5, 5.41) is 8.86. The third-order valence-corrected chi connectivity index (χ3v) is 2.75. The number of rotatable bonds is 4. The molecule has 0 aliphatic carbocycles. The Hall–Kier alpha value is -1.88. The molecule has 2 rings (SSSR count). The molecule has 17 heavy (non-hydrogen) atoms. The molecular formula is C12H15N3O2. The summed E-state index contributed by atoms with van der Waals surface area (Å²) in [6, 6.07) is 6.76. The highest BCUT2D eigenvalue weighted by Gasteiger charge is 2.16. The van der Waals surface area contributed by atoms with Gasteiger partial charge in [-0.1, -0.05) is 19.1 Å². The fourth-order valence-electron chi connectivity index (χ4n) is 1.87. The third kappa shape index (κ3) is 2.14. The molecule has 0 spiro atoms. The lowest BCUT2D eigenvalue weighted by molar-refractivity contribution is -0.138. The first-order chi connectivity index (χ1) is 8.13. The minimum Gasteiger partial charge on any atom is -0.480 e. The van der Waals surface area contributed by atoms with Gasteiger partial charge in [0, 0.05) is 6.42 Å². The highest BCUT2D eigenvalue weighted by molar-refractivity contribution is 5.77. The Labute approximate surface area is 98.9 Å². The molecule has 1 aromatic heterocycles. The van der Waals surface area contributed by atoms with Gasteiger partial charge in [0.25, 0.3) is 0 Å². The van der Waals surface area contributed by atoms with Gasteiger partial charge in [0.1, 0.15) is 11.9 Å². The lowest BCUT2D eigenvalue weighted by Gasteiger charge is -2.11. The number of nitrogens with two attached hydrogens (primary N) is 1. The minimum atomic E-state index is -0.996. The summed E-state index contributed by atoms with van der Waals surface area (Å²) in [7, 11) is 0. The number of aromatic nitrogens is 2. The molecule has 2 aromatic rings. The predicted molar refractivity (Wildman–Crippen MR) is 64.7 cm³/mol. The van der Waals surface area contributed by atoms with Crippen LogP contribution in [0.1, 0.15) is 12.7 Å². The Bertz CT molecular complexity index is 548. The van der Waals surface area contributed by atoms with Crippen molar-refractivity contribution < 1.29 is 9.90 Å². The Morgan fingerprint density at radius 1 is 1.53 bits per heavy atom. The van der Waals surface area contributed by atoms with Gasteiger partial charge in [-0.05, 0) is 12.1 Å². The van der Waals surface area contributed by atoms with Gasteiger partial charge in [-0.3, -0.25) is 4.79 Å². The maximum Gasteiger partial charge on any atom is 0.322 e. The quantitative estimate of drug-likeness (QED) is 0.825. The smallest absolute Gasteiger partial charge is 0.322 e. The lowest BCUT2D eigenvalue weighted by Crippen LogP contribution is -2.35. The summed E-state index contributed by atoms with van der Waals surface area (Å²) in [4.78, 5) is 15.3. The van der Waals surface area contributed by atoms with E-state index in [0.29, 0.717) is 0 Å². The van der Waals surface area contributed by atoms with E-state index in [1.807, 2.05) is 35.8 Å². The average molecular weight is 233 g/mol. The molecule has 0 aliphatic rings. The number of carboxylic acids is 1. The fraction of sp³-hybridized carbons (Fsp3) is 0.333. The van der Waals surface area contributed by atoms with E-state index in [0.717, 1.165) is 23.3 Å². The minimum absolute atomic E-state index is 0.249. The largest absolute Gasteiger partial charge is 0.480 e. The molecular weight excluding hydrogens is 218 g/mol. The van der Waals surface area contributed by atoms with Gasteiger partial charge in [-0.2, -0.15) is 0 Å². The molecule has 1 unspecified atom stereocenters. The zero-order valence-corrected chi connectivity index (χ0v) is 9.63. The van der Waals surface area contributed by atoms with Gasteiger partial charge in [-0.25, -0.2) is 4.98 Å². The second kappa shape index (κ2) is 4.55. The number of hydrogen-bond donors (Lipinski definition) is 2. The van der Waals surface area contributed by atoms with Crippen LogP contribution in [-0.4, -0.2) is 26.7 Å². The van der Waals surface area contributed by atoms with Crippen molar-refractivity contribution in [1.82, 2.24) is 9.55 Å². The summed E-state index contributed by atoms with van der Waals surface area (Å²) < 4.78 is 1.88. The summed E-state index contributed by atoms with van der Waals surface area (Å²) in [6.45, 7) is 2.24. The van der Waals surface area contributed by atoms with Gasteiger partial charge < -0.3 is 15.4 Å². The Morgan fingerprint density at radius 2 is 2.24 bits per heavy atom. The second-order valence-electron chi connectivity index (χ2n) is 3.93. The maximum absolute atomic E-state index is 10.8. The van der Waals surface area contributed by atoms with Crippen molar-refractivity contribution in [1.29, 1.82) is 0 Å². The molecule has 0 saturated heterocycles. The standard InChI is InChI=1S/C12H15N3O2/c1-2-11-14-9-5-3-4-6-10(9)15(11)7-8(13)12(16)17/h3-6,8H,2,7,13H2,1H3,(H,16,17).